The Morgan fingerprint density at radius 2 is 2.10 bits per heavy atom. The minimum atomic E-state index is -1.70. The number of halogens is 3. The van der Waals surface area contributed by atoms with Gasteiger partial charge in [0.25, 0.3) is 0 Å². The molecular weight excluding hydrogens is 542 g/mol. The largest absolute Gasteiger partial charge is 0.468 e. The molecule has 15 heteroatoms. The lowest BCUT2D eigenvalue weighted by Crippen LogP contribution is -2.55. The van der Waals surface area contributed by atoms with Crippen LogP contribution in [0.2, 0.25) is 5.28 Å². The van der Waals surface area contributed by atoms with E-state index in [-0.39, 0.29) is 66.8 Å². The molecule has 0 radical (unpaired) electrons. The molecule has 1 aliphatic carbocycles. The van der Waals surface area contributed by atoms with Crippen LogP contribution >= 0.6 is 11.6 Å². The number of carbonyl (C=O) groups is 2. The predicted octanol–water partition coefficient (Wildman–Crippen LogP) is 3.39. The first-order valence-corrected chi connectivity index (χ1v) is 12.3. The Bertz CT molecular complexity index is 1390. The summed E-state index contributed by atoms with van der Waals surface area (Å²) in [5, 5.41) is 30.6. The fraction of sp³-hybridized carbons (Fsp3) is 0.458. The van der Waals surface area contributed by atoms with E-state index in [0.717, 1.165) is 18.1 Å². The van der Waals surface area contributed by atoms with Gasteiger partial charge in [0.05, 0.1) is 36.0 Å². The minimum absolute atomic E-state index is 0.00323. The van der Waals surface area contributed by atoms with Crippen molar-refractivity contribution in [1.82, 2.24) is 14.9 Å². The van der Waals surface area contributed by atoms with E-state index >= 15 is 0 Å². The van der Waals surface area contributed by atoms with Crippen LogP contribution in [0.25, 0.3) is 0 Å². The molecule has 12 nitrogen and oxygen atoms in total. The number of carbonyl (C=O) groups excluding carboxylic acids is 1. The SMILES string of the molecule is COC(=O)C1(Cc2nc(Cl)nc(N3CCN(C(=O)O)C(CC#N)C3)c2[N+](=O)[O-])CCCc2c(F)cc(F)cc21. The second-order valence-corrected chi connectivity index (χ2v) is 9.66. The minimum Gasteiger partial charge on any atom is -0.468 e. The maximum atomic E-state index is 14.7. The fourth-order valence-corrected chi connectivity index (χ4v) is 5.69. The lowest BCUT2D eigenvalue weighted by molar-refractivity contribution is -0.385. The van der Waals surface area contributed by atoms with Crippen molar-refractivity contribution in [3.8, 4) is 6.07 Å². The molecule has 2 heterocycles. The molecule has 1 saturated heterocycles. The number of ether oxygens (including phenoxy) is 1. The zero-order valence-corrected chi connectivity index (χ0v) is 21.5. The standard InChI is InChI=1S/C24H23ClF2N6O6/c1-39-21(34)24(5-2-3-15-16(24)9-13(26)10-17(15)27)11-18-19(33(37)38)20(30-22(25)29-18)31-7-8-32(23(35)36)14(12-31)4-6-28/h9-10,14H,2-5,7-8,11-12H2,1H3,(H,35,36). The maximum Gasteiger partial charge on any atom is 0.407 e. The predicted molar refractivity (Wildman–Crippen MR) is 131 cm³/mol. The van der Waals surface area contributed by atoms with E-state index in [9.17, 15) is 38.9 Å². The van der Waals surface area contributed by atoms with Crippen LogP contribution in [0, 0.1) is 33.1 Å². The second kappa shape index (κ2) is 10.9. The molecule has 2 unspecified atom stereocenters. The topological polar surface area (TPSA) is 163 Å². The molecule has 2 aromatic rings. The first-order chi connectivity index (χ1) is 18.5. The summed E-state index contributed by atoms with van der Waals surface area (Å²) in [5.74, 6) is -2.82. The molecule has 0 bridgehead atoms. The summed E-state index contributed by atoms with van der Waals surface area (Å²) in [7, 11) is 1.11. The molecule has 2 atom stereocenters. The monoisotopic (exact) mass is 564 g/mol. The summed E-state index contributed by atoms with van der Waals surface area (Å²) < 4.78 is 34.1. The van der Waals surface area contributed by atoms with Gasteiger partial charge in [-0.15, -0.1) is 0 Å². The van der Waals surface area contributed by atoms with Crippen LogP contribution in [0.15, 0.2) is 12.1 Å². The number of carboxylic acid groups (broad SMARTS) is 1. The number of amides is 1. The summed E-state index contributed by atoms with van der Waals surface area (Å²) in [6.45, 7) is -0.147. The Kier molecular flexibility index (Phi) is 7.82. The van der Waals surface area contributed by atoms with Crippen LogP contribution in [-0.2, 0) is 27.8 Å². The van der Waals surface area contributed by atoms with Gasteiger partial charge in [0.1, 0.15) is 17.3 Å². The molecule has 1 aromatic heterocycles. The number of aromatic nitrogens is 2. The third-order valence-electron chi connectivity index (χ3n) is 7.20. The van der Waals surface area contributed by atoms with Gasteiger partial charge >= 0.3 is 17.7 Å². The maximum absolute atomic E-state index is 14.7. The molecule has 0 spiro atoms. The van der Waals surface area contributed by atoms with E-state index in [1.54, 1.807) is 0 Å². The van der Waals surface area contributed by atoms with Gasteiger partial charge in [-0.3, -0.25) is 14.9 Å². The number of nitriles is 1. The highest BCUT2D eigenvalue weighted by Crippen LogP contribution is 2.44. The number of methoxy groups -OCH3 is 1. The van der Waals surface area contributed by atoms with Crippen molar-refractivity contribution in [2.45, 2.75) is 43.6 Å². The molecule has 0 saturated carbocycles. The highest BCUT2D eigenvalue weighted by molar-refractivity contribution is 6.28. The van der Waals surface area contributed by atoms with Crippen molar-refractivity contribution >= 4 is 35.2 Å². The molecule has 206 valence electrons. The van der Waals surface area contributed by atoms with E-state index in [1.807, 2.05) is 6.07 Å². The summed E-state index contributed by atoms with van der Waals surface area (Å²) in [6, 6.07) is 2.86. The van der Waals surface area contributed by atoms with E-state index in [0.29, 0.717) is 12.5 Å². The Hall–Kier alpha value is -4.12. The molecule has 1 fully saturated rings. The van der Waals surface area contributed by atoms with E-state index in [2.05, 4.69) is 9.97 Å². The average Bonchev–Trinajstić information content (AvgIpc) is 2.88. The highest BCUT2D eigenvalue weighted by atomic mass is 35.5. The normalized spacial score (nSPS) is 20.6. The van der Waals surface area contributed by atoms with Crippen molar-refractivity contribution < 1.29 is 33.1 Å². The Labute approximate surface area is 225 Å². The smallest absolute Gasteiger partial charge is 0.407 e. The van der Waals surface area contributed by atoms with E-state index < -0.39 is 52.2 Å². The molecule has 1 amide bonds. The summed E-state index contributed by atoms with van der Waals surface area (Å²) in [5.41, 5.74) is -2.41. The first kappa shape index (κ1) is 27.9. The van der Waals surface area contributed by atoms with E-state index in [4.69, 9.17) is 16.3 Å². The fourth-order valence-electron chi connectivity index (χ4n) is 5.50. The van der Waals surface area contributed by atoms with Crippen molar-refractivity contribution in [2.75, 3.05) is 31.6 Å². The van der Waals surface area contributed by atoms with Crippen molar-refractivity contribution in [3.05, 3.63) is 56.0 Å². The van der Waals surface area contributed by atoms with Crippen LogP contribution in [0.3, 0.4) is 0 Å². The molecule has 1 N–H and O–H groups in total. The van der Waals surface area contributed by atoms with Crippen LogP contribution < -0.4 is 4.90 Å². The number of esters is 1. The quantitative estimate of drug-likeness (QED) is 0.238. The third kappa shape index (κ3) is 5.14. The van der Waals surface area contributed by atoms with Crippen LogP contribution in [0.4, 0.5) is 25.1 Å². The van der Waals surface area contributed by atoms with Crippen molar-refractivity contribution in [3.63, 3.8) is 0 Å². The summed E-state index contributed by atoms with van der Waals surface area (Å²) in [4.78, 5) is 47.1. The van der Waals surface area contributed by atoms with E-state index in [1.165, 1.54) is 4.90 Å². The highest BCUT2D eigenvalue weighted by Gasteiger charge is 2.48. The Morgan fingerprint density at radius 1 is 1.36 bits per heavy atom. The molecule has 39 heavy (non-hydrogen) atoms. The molecule has 1 aliphatic heterocycles. The van der Waals surface area contributed by atoms with Gasteiger partial charge in [0, 0.05) is 32.1 Å². The van der Waals surface area contributed by atoms with Crippen molar-refractivity contribution in [1.29, 1.82) is 5.26 Å². The number of nitrogens with zero attached hydrogens (tertiary/aromatic N) is 6. The first-order valence-electron chi connectivity index (χ1n) is 11.9. The Morgan fingerprint density at radius 3 is 2.74 bits per heavy atom. The molecule has 1 aromatic carbocycles. The van der Waals surface area contributed by atoms with Gasteiger partial charge in [-0.25, -0.2) is 18.6 Å². The number of benzene rings is 1. The van der Waals surface area contributed by atoms with Crippen molar-refractivity contribution in [2.24, 2.45) is 0 Å². The zero-order chi connectivity index (χ0) is 28.5. The van der Waals surface area contributed by atoms with Crippen LogP contribution in [-0.4, -0.2) is 69.7 Å². The molecule has 2 aliphatic rings. The summed E-state index contributed by atoms with van der Waals surface area (Å²) >= 11 is 6.19. The molecular formula is C24H23ClF2N6O6. The number of fused-ring (bicyclic) bond motifs is 1. The summed E-state index contributed by atoms with van der Waals surface area (Å²) in [6.07, 6.45) is -1.24. The van der Waals surface area contributed by atoms with Crippen LogP contribution in [0.5, 0.6) is 0 Å². The number of piperazine rings is 1. The second-order valence-electron chi connectivity index (χ2n) is 9.32. The lowest BCUT2D eigenvalue weighted by atomic mass is 9.67. The van der Waals surface area contributed by atoms with Gasteiger partial charge in [-0.1, -0.05) is 0 Å². The number of rotatable bonds is 6. The van der Waals surface area contributed by atoms with Crippen LogP contribution in [0.1, 0.15) is 36.1 Å². The zero-order valence-electron chi connectivity index (χ0n) is 20.7. The molecule has 4 rings (SSSR count). The number of hydrogen-bond donors (Lipinski definition) is 1. The number of nitro groups is 1. The third-order valence-corrected chi connectivity index (χ3v) is 7.37. The van der Waals surface area contributed by atoms with Gasteiger partial charge < -0.3 is 19.6 Å². The van der Waals surface area contributed by atoms with Gasteiger partial charge in [-0.2, -0.15) is 10.2 Å². The average molecular weight is 565 g/mol. The lowest BCUT2D eigenvalue weighted by Gasteiger charge is -2.39. The number of anilines is 1. The van der Waals surface area contributed by atoms with Gasteiger partial charge in [-0.05, 0) is 48.1 Å². The Balaban J connectivity index is 1.85. The van der Waals surface area contributed by atoms with Gasteiger partial charge in [0.15, 0.2) is 0 Å². The number of hydrogen-bond acceptors (Lipinski definition) is 9. The van der Waals surface area contributed by atoms with Gasteiger partial charge in [0.2, 0.25) is 11.1 Å².